The number of nitrogens with zero attached hydrogens (tertiary/aromatic N) is 2. The van der Waals surface area contributed by atoms with Crippen molar-refractivity contribution < 1.29 is 17.1 Å². The molecule has 0 saturated heterocycles. The van der Waals surface area contributed by atoms with Gasteiger partial charge in [0.2, 0.25) is 0 Å². The smallest absolute Gasteiger partial charge is 0 e. The van der Waals surface area contributed by atoms with E-state index in [0.717, 1.165) is 4.47 Å². The van der Waals surface area contributed by atoms with Gasteiger partial charge < -0.3 is 54.5 Å². The van der Waals surface area contributed by atoms with E-state index in [1.54, 1.807) is 0 Å². The van der Waals surface area contributed by atoms with E-state index >= 15 is 0 Å². The summed E-state index contributed by atoms with van der Waals surface area (Å²) in [6.07, 6.45) is 0. The third kappa shape index (κ3) is 6.85. The zero-order chi connectivity index (χ0) is 16.9. The Hall–Kier alpha value is 0.0995. The summed E-state index contributed by atoms with van der Waals surface area (Å²) in [4.78, 5) is 4.45. The van der Waals surface area contributed by atoms with Crippen LogP contribution in [0.15, 0.2) is 45.3 Å². The molecule has 0 aliphatic rings. The van der Waals surface area contributed by atoms with Crippen LogP contribution in [-0.2, 0) is 17.1 Å². The van der Waals surface area contributed by atoms with Crippen LogP contribution in [0.4, 0.5) is 0 Å². The van der Waals surface area contributed by atoms with Crippen LogP contribution in [0.25, 0.3) is 0 Å². The van der Waals surface area contributed by atoms with Crippen molar-refractivity contribution in [2.24, 2.45) is 0 Å². The zero-order valence-electron chi connectivity index (χ0n) is 14.6. The van der Waals surface area contributed by atoms with Crippen molar-refractivity contribution in [3.05, 3.63) is 56.5 Å². The van der Waals surface area contributed by atoms with Crippen molar-refractivity contribution in [1.82, 2.24) is 9.80 Å². The van der Waals surface area contributed by atoms with E-state index in [1.165, 1.54) is 15.6 Å². The Morgan fingerprint density at radius 2 is 1.57 bits per heavy atom. The Morgan fingerprint density at radius 3 is 1.91 bits per heavy atom. The summed E-state index contributed by atoms with van der Waals surface area (Å²) in [6.45, 7) is 4.45. The zero-order valence-corrected chi connectivity index (χ0v) is 18.9. The molecule has 0 saturated carbocycles. The molecule has 2 aromatic carbocycles. The number of hydrogen-bond acceptors (Lipinski definition) is 2. The molecule has 2 atom stereocenters. The largest absolute Gasteiger partial charge is 0.747 e. The number of halogens is 2. The molecule has 0 fully saturated rings. The van der Waals surface area contributed by atoms with Crippen molar-refractivity contribution in [3.8, 4) is 0 Å². The van der Waals surface area contributed by atoms with Crippen LogP contribution in [0, 0.1) is 0 Å². The van der Waals surface area contributed by atoms with Crippen LogP contribution in [0.3, 0.4) is 0 Å². The minimum Gasteiger partial charge on any atom is -0.747 e. The van der Waals surface area contributed by atoms with Crippen molar-refractivity contribution in [2.45, 2.75) is 25.9 Å². The molecule has 0 bridgehead atoms. The van der Waals surface area contributed by atoms with Crippen molar-refractivity contribution in [2.75, 3.05) is 28.2 Å². The van der Waals surface area contributed by atoms with Gasteiger partial charge in [-0.25, -0.2) is 6.07 Å². The fraction of sp³-hybridized carbons (Fsp3) is 0.444. The minimum absolute atomic E-state index is 0. The van der Waals surface area contributed by atoms with Gasteiger partial charge in [-0.05, 0) is 40.3 Å². The molecule has 0 aliphatic carbocycles. The molecule has 0 heterocycles. The first-order valence-electron chi connectivity index (χ1n) is 7.40. The summed E-state index contributed by atoms with van der Waals surface area (Å²) in [5.74, 6) is 0. The molecule has 23 heavy (non-hydrogen) atoms. The van der Waals surface area contributed by atoms with E-state index in [-0.39, 0.29) is 17.1 Å². The average Bonchev–Trinajstić information content (AvgIpc) is 3.06. The Bertz CT molecular complexity index is 516. The van der Waals surface area contributed by atoms with Gasteiger partial charge in [0.25, 0.3) is 0 Å². The molecule has 2 rings (SSSR count). The average molecular weight is 486 g/mol. The van der Waals surface area contributed by atoms with Crippen LogP contribution in [0.2, 0.25) is 0 Å². The summed E-state index contributed by atoms with van der Waals surface area (Å²) >= 11 is 7.02. The second kappa shape index (κ2) is 10.9. The Balaban J connectivity index is 0.000000581. The molecule has 136 valence electrons. The van der Waals surface area contributed by atoms with Gasteiger partial charge in [0.15, 0.2) is 0 Å². The molecular weight excluding hydrogens is 460 g/mol. The van der Waals surface area contributed by atoms with Crippen LogP contribution in [0.1, 0.15) is 37.1 Å². The van der Waals surface area contributed by atoms with E-state index in [1.807, 2.05) is 24.3 Å². The second-order valence-corrected chi connectivity index (χ2v) is 7.65. The van der Waals surface area contributed by atoms with Gasteiger partial charge in [0, 0.05) is 17.1 Å². The van der Waals surface area contributed by atoms with Crippen molar-refractivity contribution in [3.63, 3.8) is 0 Å². The second-order valence-electron chi connectivity index (χ2n) is 5.94. The van der Waals surface area contributed by atoms with Gasteiger partial charge >= 0.3 is 0 Å². The predicted molar refractivity (Wildman–Crippen MR) is 104 cm³/mol. The van der Waals surface area contributed by atoms with Gasteiger partial charge in [-0.1, -0.05) is 34.3 Å². The van der Waals surface area contributed by atoms with Crippen molar-refractivity contribution in [1.29, 1.82) is 0 Å². The fourth-order valence-corrected chi connectivity index (χ4v) is 3.28. The maximum atomic E-state index is 3.74. The Labute approximate surface area is 168 Å². The Morgan fingerprint density at radius 1 is 1.04 bits per heavy atom. The van der Waals surface area contributed by atoms with Gasteiger partial charge in [-0.15, -0.1) is 5.56 Å². The molecule has 2 aromatic rings. The molecule has 0 amide bonds. The fourth-order valence-electron chi connectivity index (χ4n) is 2.04. The Kier molecular flexibility index (Phi) is 10.9. The standard InChI is InChI=1S/C13H22BrN2.C5H4Br.Fe/c1-9(15(3)4)11-7-8-12(13(11)14)10(2)16(5)6;6-5-3-1-2-4-5;/h7-10H,1-6H3;1-4H;/q-1;-5;. The van der Waals surface area contributed by atoms with E-state index in [9.17, 15) is 0 Å². The quantitative estimate of drug-likeness (QED) is 0.412. The van der Waals surface area contributed by atoms with Gasteiger partial charge in [0.05, 0.1) is 0 Å². The van der Waals surface area contributed by atoms with Gasteiger partial charge in [-0.2, -0.15) is 11.6 Å². The van der Waals surface area contributed by atoms with Crippen LogP contribution >= 0.6 is 31.9 Å². The molecule has 0 radical (unpaired) electrons. The third-order valence-corrected chi connectivity index (χ3v) is 5.47. The summed E-state index contributed by atoms with van der Waals surface area (Å²) in [5, 5.41) is 0. The van der Waals surface area contributed by atoms with Crippen LogP contribution in [-0.4, -0.2) is 38.0 Å². The van der Waals surface area contributed by atoms with Crippen LogP contribution in [0.5, 0.6) is 0 Å². The van der Waals surface area contributed by atoms with Gasteiger partial charge in [-0.3, -0.25) is 0 Å². The molecule has 0 aliphatic heterocycles. The third-order valence-electron chi connectivity index (χ3n) is 4.02. The maximum absolute atomic E-state index is 3.74. The molecule has 0 spiro atoms. The summed E-state index contributed by atoms with van der Waals surface area (Å²) in [7, 11) is 8.44. The van der Waals surface area contributed by atoms with E-state index in [0.29, 0.717) is 12.1 Å². The normalized spacial score (nSPS) is 13.3. The first-order valence-corrected chi connectivity index (χ1v) is 8.99. The van der Waals surface area contributed by atoms with E-state index in [2.05, 4.69) is 95.8 Å². The summed E-state index contributed by atoms with van der Waals surface area (Å²) < 4.78 is 2.41. The molecule has 5 heteroatoms. The monoisotopic (exact) mass is 484 g/mol. The minimum atomic E-state index is 0. The summed E-state index contributed by atoms with van der Waals surface area (Å²) in [6, 6.07) is 13.3. The molecule has 2 nitrogen and oxygen atoms in total. The van der Waals surface area contributed by atoms with Crippen LogP contribution < -0.4 is 0 Å². The first-order chi connectivity index (χ1) is 10.3. The molecule has 0 aromatic heterocycles. The number of rotatable bonds is 4. The SMILES string of the molecule is Br[c-]1[cH-][cH-][cH-][cH-]1.CC(c1cc[c-](C(C)N(C)C)c1Br)N(C)C.[Fe]. The molecular formula is C18H26Br2FeN2-6. The van der Waals surface area contributed by atoms with Gasteiger partial charge in [0.1, 0.15) is 0 Å². The number of hydrogen-bond donors (Lipinski definition) is 0. The predicted octanol–water partition coefficient (Wildman–Crippen LogP) is 5.58. The topological polar surface area (TPSA) is 6.48 Å². The van der Waals surface area contributed by atoms with Crippen molar-refractivity contribution >= 4 is 31.9 Å². The first kappa shape index (κ1) is 23.1. The van der Waals surface area contributed by atoms with E-state index in [4.69, 9.17) is 0 Å². The van der Waals surface area contributed by atoms with E-state index < -0.39 is 0 Å². The maximum Gasteiger partial charge on any atom is 0 e. The molecule has 0 N–H and O–H groups in total. The molecule has 2 unspecified atom stereocenters. The summed E-state index contributed by atoms with van der Waals surface area (Å²) in [5.41, 5.74) is 2.74.